The molecule has 0 fully saturated rings. The van der Waals surface area contributed by atoms with Gasteiger partial charge in [0.2, 0.25) is 0 Å². The van der Waals surface area contributed by atoms with Gasteiger partial charge in [0.25, 0.3) is 0 Å². The Balaban J connectivity index is 2.63. The summed E-state index contributed by atoms with van der Waals surface area (Å²) >= 11 is 6.16. The molecule has 0 aliphatic heterocycles. The lowest BCUT2D eigenvalue weighted by Gasteiger charge is -2.07. The second-order valence-corrected chi connectivity index (χ2v) is 3.72. The van der Waals surface area contributed by atoms with Crippen LogP contribution in [-0.4, -0.2) is 11.4 Å². The normalized spacial score (nSPS) is 10.8. The summed E-state index contributed by atoms with van der Waals surface area (Å²) in [5, 5.41) is 12.3. The molecule has 0 unspecified atom stereocenters. The molecule has 80 valence electrons. The van der Waals surface area contributed by atoms with Crippen LogP contribution in [0.1, 0.15) is 5.56 Å². The molecule has 2 aromatic rings. The van der Waals surface area contributed by atoms with Crippen LogP contribution in [0.15, 0.2) is 53.7 Å². The topological polar surface area (TPSA) is 32.6 Å². The zero-order valence-electron chi connectivity index (χ0n) is 8.47. The van der Waals surface area contributed by atoms with E-state index in [1.165, 1.54) is 6.21 Å². The van der Waals surface area contributed by atoms with Crippen molar-refractivity contribution < 1.29 is 5.21 Å². The lowest BCUT2D eigenvalue weighted by atomic mass is 10.0. The minimum atomic E-state index is 0.642. The third-order valence-electron chi connectivity index (χ3n) is 2.31. The molecule has 1 N–H and O–H groups in total. The highest BCUT2D eigenvalue weighted by Crippen LogP contribution is 2.30. The molecule has 0 saturated heterocycles. The second-order valence-electron chi connectivity index (χ2n) is 3.31. The molecule has 0 amide bonds. The fourth-order valence-corrected chi connectivity index (χ4v) is 1.91. The van der Waals surface area contributed by atoms with E-state index in [0.717, 1.165) is 16.7 Å². The molecular weight excluding hydrogens is 222 g/mol. The Morgan fingerprint density at radius 2 is 1.75 bits per heavy atom. The van der Waals surface area contributed by atoms with E-state index in [2.05, 4.69) is 5.16 Å². The first-order chi connectivity index (χ1) is 7.83. The molecule has 2 rings (SSSR count). The van der Waals surface area contributed by atoms with Gasteiger partial charge in [0.1, 0.15) is 0 Å². The Bertz CT molecular complexity index is 509. The molecule has 2 nitrogen and oxygen atoms in total. The SMILES string of the molecule is ON=Cc1cccc(Cl)c1-c1ccccc1. The summed E-state index contributed by atoms with van der Waals surface area (Å²) in [7, 11) is 0. The largest absolute Gasteiger partial charge is 0.411 e. The van der Waals surface area contributed by atoms with Crippen LogP contribution in [0.25, 0.3) is 11.1 Å². The van der Waals surface area contributed by atoms with E-state index in [0.29, 0.717) is 5.02 Å². The molecule has 0 aliphatic rings. The third-order valence-corrected chi connectivity index (χ3v) is 2.62. The quantitative estimate of drug-likeness (QED) is 0.476. The van der Waals surface area contributed by atoms with E-state index in [1.54, 1.807) is 0 Å². The van der Waals surface area contributed by atoms with E-state index in [1.807, 2.05) is 48.5 Å². The highest BCUT2D eigenvalue weighted by molar-refractivity contribution is 6.34. The van der Waals surface area contributed by atoms with Crippen LogP contribution in [-0.2, 0) is 0 Å². The van der Waals surface area contributed by atoms with Crippen molar-refractivity contribution in [1.82, 2.24) is 0 Å². The summed E-state index contributed by atoms with van der Waals surface area (Å²) in [5.74, 6) is 0. The first-order valence-corrected chi connectivity index (χ1v) is 5.22. The average Bonchev–Trinajstić information content (AvgIpc) is 2.31. The molecule has 0 aromatic heterocycles. The fraction of sp³-hybridized carbons (Fsp3) is 0. The Morgan fingerprint density at radius 3 is 2.44 bits per heavy atom. The van der Waals surface area contributed by atoms with Crippen molar-refractivity contribution in [3.8, 4) is 11.1 Å². The van der Waals surface area contributed by atoms with Crippen LogP contribution >= 0.6 is 11.6 Å². The van der Waals surface area contributed by atoms with Crippen molar-refractivity contribution in [1.29, 1.82) is 0 Å². The predicted molar refractivity (Wildman–Crippen MR) is 66.3 cm³/mol. The summed E-state index contributed by atoms with van der Waals surface area (Å²) in [5.41, 5.74) is 2.67. The van der Waals surface area contributed by atoms with Crippen molar-refractivity contribution in [3.63, 3.8) is 0 Å². The van der Waals surface area contributed by atoms with Gasteiger partial charge in [-0.2, -0.15) is 0 Å². The summed E-state index contributed by atoms with van der Waals surface area (Å²) in [6, 6.07) is 15.3. The van der Waals surface area contributed by atoms with Crippen LogP contribution < -0.4 is 0 Å². The van der Waals surface area contributed by atoms with Gasteiger partial charge in [0.05, 0.1) is 6.21 Å². The number of oxime groups is 1. The minimum Gasteiger partial charge on any atom is -0.411 e. The van der Waals surface area contributed by atoms with Gasteiger partial charge in [-0.25, -0.2) is 0 Å². The van der Waals surface area contributed by atoms with E-state index < -0.39 is 0 Å². The molecule has 0 bridgehead atoms. The number of nitrogens with zero attached hydrogens (tertiary/aromatic N) is 1. The predicted octanol–water partition coefficient (Wildman–Crippen LogP) is 3.82. The highest BCUT2D eigenvalue weighted by atomic mass is 35.5. The van der Waals surface area contributed by atoms with Gasteiger partial charge in [-0.3, -0.25) is 0 Å². The summed E-state index contributed by atoms with van der Waals surface area (Å²) in [4.78, 5) is 0. The van der Waals surface area contributed by atoms with Gasteiger partial charge in [-0.05, 0) is 11.6 Å². The first kappa shape index (κ1) is 10.7. The van der Waals surface area contributed by atoms with Crippen molar-refractivity contribution in [2.75, 3.05) is 0 Å². The first-order valence-electron chi connectivity index (χ1n) is 4.84. The van der Waals surface area contributed by atoms with Crippen LogP contribution in [0.4, 0.5) is 0 Å². The maximum absolute atomic E-state index is 8.61. The average molecular weight is 232 g/mol. The van der Waals surface area contributed by atoms with E-state index >= 15 is 0 Å². The van der Waals surface area contributed by atoms with Crippen molar-refractivity contribution in [3.05, 3.63) is 59.1 Å². The zero-order valence-corrected chi connectivity index (χ0v) is 9.22. The minimum absolute atomic E-state index is 0.642. The van der Waals surface area contributed by atoms with Crippen molar-refractivity contribution >= 4 is 17.8 Å². The van der Waals surface area contributed by atoms with Gasteiger partial charge in [0, 0.05) is 16.1 Å². The van der Waals surface area contributed by atoms with E-state index in [9.17, 15) is 0 Å². The van der Waals surface area contributed by atoms with Crippen molar-refractivity contribution in [2.24, 2.45) is 5.16 Å². The Labute approximate surface area is 98.8 Å². The standard InChI is InChI=1S/C13H10ClNO/c14-12-8-4-7-11(9-15-16)13(12)10-5-2-1-3-6-10/h1-9,16H. The molecule has 0 spiro atoms. The van der Waals surface area contributed by atoms with E-state index in [4.69, 9.17) is 16.8 Å². The molecular formula is C13H10ClNO. The Hall–Kier alpha value is -1.80. The molecule has 0 saturated carbocycles. The van der Waals surface area contributed by atoms with Crippen LogP contribution in [0.2, 0.25) is 5.02 Å². The summed E-state index contributed by atoms with van der Waals surface area (Å²) < 4.78 is 0. The molecule has 16 heavy (non-hydrogen) atoms. The number of hydrogen-bond donors (Lipinski definition) is 1. The Morgan fingerprint density at radius 1 is 1.00 bits per heavy atom. The van der Waals surface area contributed by atoms with Gasteiger partial charge in [0.15, 0.2) is 0 Å². The fourth-order valence-electron chi connectivity index (χ4n) is 1.62. The number of halogens is 1. The second kappa shape index (κ2) is 4.81. The van der Waals surface area contributed by atoms with Crippen LogP contribution in [0, 0.1) is 0 Å². The number of hydrogen-bond acceptors (Lipinski definition) is 2. The van der Waals surface area contributed by atoms with Gasteiger partial charge < -0.3 is 5.21 Å². The third kappa shape index (κ3) is 2.07. The molecule has 0 heterocycles. The molecule has 0 radical (unpaired) electrons. The maximum atomic E-state index is 8.61. The molecule has 2 aromatic carbocycles. The zero-order chi connectivity index (χ0) is 11.4. The van der Waals surface area contributed by atoms with E-state index in [-0.39, 0.29) is 0 Å². The number of benzene rings is 2. The van der Waals surface area contributed by atoms with Crippen LogP contribution in [0.3, 0.4) is 0 Å². The molecule has 0 atom stereocenters. The lowest BCUT2D eigenvalue weighted by Crippen LogP contribution is -1.89. The maximum Gasteiger partial charge on any atom is 0.0740 e. The van der Waals surface area contributed by atoms with Crippen LogP contribution in [0.5, 0.6) is 0 Å². The van der Waals surface area contributed by atoms with Gasteiger partial charge >= 0.3 is 0 Å². The lowest BCUT2D eigenvalue weighted by molar-refractivity contribution is 0.322. The van der Waals surface area contributed by atoms with Gasteiger partial charge in [-0.1, -0.05) is 59.2 Å². The molecule has 3 heteroatoms. The summed E-state index contributed by atoms with van der Waals surface area (Å²) in [6.07, 6.45) is 1.38. The monoisotopic (exact) mass is 231 g/mol. The summed E-state index contributed by atoms with van der Waals surface area (Å²) in [6.45, 7) is 0. The highest BCUT2D eigenvalue weighted by Gasteiger charge is 2.07. The van der Waals surface area contributed by atoms with Gasteiger partial charge in [-0.15, -0.1) is 0 Å². The smallest absolute Gasteiger partial charge is 0.0740 e. The van der Waals surface area contributed by atoms with Crippen molar-refractivity contribution in [2.45, 2.75) is 0 Å². The number of rotatable bonds is 2. The Kier molecular flexibility index (Phi) is 3.22. The molecule has 0 aliphatic carbocycles.